The van der Waals surface area contributed by atoms with E-state index in [1.807, 2.05) is 26.0 Å². The Bertz CT molecular complexity index is 994. The summed E-state index contributed by atoms with van der Waals surface area (Å²) < 4.78 is 5.57. The van der Waals surface area contributed by atoms with Crippen LogP contribution in [0, 0.1) is 11.3 Å². The zero-order valence-electron chi connectivity index (χ0n) is 17.1. The second-order valence-electron chi connectivity index (χ2n) is 7.41. The van der Waals surface area contributed by atoms with Crippen LogP contribution in [-0.2, 0) is 6.42 Å². The Hall–Kier alpha value is -3.21. The van der Waals surface area contributed by atoms with Gasteiger partial charge in [-0.25, -0.2) is 0 Å². The second-order valence-corrected chi connectivity index (χ2v) is 7.41. The van der Waals surface area contributed by atoms with Crippen LogP contribution < -0.4 is 15.4 Å². The number of fused-ring (bicyclic) bond motifs is 1. The summed E-state index contributed by atoms with van der Waals surface area (Å²) in [4.78, 5) is 25.4. The maximum absolute atomic E-state index is 12.8. The molecule has 0 spiro atoms. The molecular formula is C23H25N3O4. The molecule has 1 aliphatic rings. The third kappa shape index (κ3) is 4.67. The quantitative estimate of drug-likeness (QED) is 0.608. The third-order valence-electron chi connectivity index (χ3n) is 4.97. The Morgan fingerprint density at radius 2 is 2.07 bits per heavy atom. The molecule has 7 heteroatoms. The van der Waals surface area contributed by atoms with E-state index in [4.69, 9.17) is 9.84 Å². The van der Waals surface area contributed by atoms with Crippen molar-refractivity contribution >= 4 is 11.8 Å². The molecule has 1 atom stereocenters. The summed E-state index contributed by atoms with van der Waals surface area (Å²) >= 11 is 0. The standard InChI is InChI=1S/C23H25N3O4/c1-14(2)30-21-9-6-15(12-16(21)13-24)22(28)26-23(29)19-5-3-4-18-17(19)7-8-20(18)25-10-11-27/h3-6,9,12,14,20,25,27H,7-8,10-11H2,1-2H3,(H,26,28,29)/t20-/m0/s1. The van der Waals surface area contributed by atoms with Crippen LogP contribution in [0.1, 0.15) is 63.7 Å². The molecule has 0 saturated carbocycles. The van der Waals surface area contributed by atoms with E-state index < -0.39 is 11.8 Å². The smallest absolute Gasteiger partial charge is 0.258 e. The number of benzene rings is 2. The van der Waals surface area contributed by atoms with Crippen molar-refractivity contribution in [3.8, 4) is 11.8 Å². The number of ether oxygens (including phenoxy) is 1. The number of imide groups is 1. The number of carbonyl (C=O) groups excluding carboxylic acids is 2. The van der Waals surface area contributed by atoms with Crippen molar-refractivity contribution in [3.05, 3.63) is 64.2 Å². The molecular weight excluding hydrogens is 382 g/mol. The Morgan fingerprint density at radius 3 is 2.77 bits per heavy atom. The summed E-state index contributed by atoms with van der Waals surface area (Å²) in [6, 6.07) is 12.1. The van der Waals surface area contributed by atoms with Crippen LogP contribution in [-0.4, -0.2) is 36.2 Å². The van der Waals surface area contributed by atoms with E-state index in [1.165, 1.54) is 12.1 Å². The molecule has 156 valence electrons. The first-order valence-corrected chi connectivity index (χ1v) is 9.97. The van der Waals surface area contributed by atoms with Crippen molar-refractivity contribution in [2.24, 2.45) is 0 Å². The Balaban J connectivity index is 1.77. The fourth-order valence-corrected chi connectivity index (χ4v) is 3.68. The molecule has 2 amide bonds. The lowest BCUT2D eigenvalue weighted by molar-refractivity contribution is 0.0849. The fourth-order valence-electron chi connectivity index (χ4n) is 3.68. The number of nitrogens with zero attached hydrogens (tertiary/aromatic N) is 1. The molecule has 30 heavy (non-hydrogen) atoms. The lowest BCUT2D eigenvalue weighted by atomic mass is 10.0. The molecule has 3 N–H and O–H groups in total. The molecule has 0 aromatic heterocycles. The van der Waals surface area contributed by atoms with E-state index in [-0.39, 0.29) is 29.9 Å². The first-order valence-electron chi connectivity index (χ1n) is 9.97. The van der Waals surface area contributed by atoms with Gasteiger partial charge in [-0.2, -0.15) is 5.26 Å². The highest BCUT2D eigenvalue weighted by Gasteiger charge is 2.27. The van der Waals surface area contributed by atoms with Gasteiger partial charge in [-0.1, -0.05) is 12.1 Å². The summed E-state index contributed by atoms with van der Waals surface area (Å²) in [7, 11) is 0. The minimum atomic E-state index is -0.571. The highest BCUT2D eigenvalue weighted by molar-refractivity contribution is 6.11. The molecule has 2 aromatic rings. The third-order valence-corrected chi connectivity index (χ3v) is 4.97. The van der Waals surface area contributed by atoms with Gasteiger partial charge in [0.15, 0.2) is 0 Å². The molecule has 0 heterocycles. The first-order chi connectivity index (χ1) is 14.4. The van der Waals surface area contributed by atoms with Gasteiger partial charge in [-0.05, 0) is 62.1 Å². The highest BCUT2D eigenvalue weighted by Crippen LogP contribution is 2.33. The Morgan fingerprint density at radius 1 is 1.27 bits per heavy atom. The van der Waals surface area contributed by atoms with Gasteiger partial charge in [-0.3, -0.25) is 14.9 Å². The number of nitrogens with one attached hydrogen (secondary N) is 2. The number of aliphatic hydroxyl groups excluding tert-OH is 1. The summed E-state index contributed by atoms with van der Waals surface area (Å²) in [5.74, 6) is -0.642. The van der Waals surface area contributed by atoms with Crippen LogP contribution in [0.2, 0.25) is 0 Å². The predicted octanol–water partition coefficient (Wildman–Crippen LogP) is 2.48. The number of rotatable bonds is 7. The average molecular weight is 407 g/mol. The van der Waals surface area contributed by atoms with Crippen molar-refractivity contribution in [3.63, 3.8) is 0 Å². The van der Waals surface area contributed by atoms with E-state index in [0.717, 1.165) is 24.0 Å². The van der Waals surface area contributed by atoms with E-state index in [0.29, 0.717) is 17.9 Å². The first kappa shape index (κ1) is 21.5. The zero-order valence-corrected chi connectivity index (χ0v) is 17.1. The topological polar surface area (TPSA) is 111 Å². The van der Waals surface area contributed by atoms with Gasteiger partial charge in [0, 0.05) is 23.7 Å². The van der Waals surface area contributed by atoms with E-state index >= 15 is 0 Å². The largest absolute Gasteiger partial charge is 0.490 e. The zero-order chi connectivity index (χ0) is 21.7. The lowest BCUT2D eigenvalue weighted by Crippen LogP contribution is -2.31. The molecule has 0 unspecified atom stereocenters. The second kappa shape index (κ2) is 9.53. The molecule has 0 bridgehead atoms. The molecule has 0 radical (unpaired) electrons. The summed E-state index contributed by atoms with van der Waals surface area (Å²) in [5, 5.41) is 24.1. The number of aliphatic hydroxyl groups is 1. The van der Waals surface area contributed by atoms with Gasteiger partial charge in [-0.15, -0.1) is 0 Å². The SMILES string of the molecule is CC(C)Oc1ccc(C(=O)NC(=O)c2cccc3c2CC[C@@H]3NCCO)cc1C#N. The van der Waals surface area contributed by atoms with Crippen LogP contribution in [0.15, 0.2) is 36.4 Å². The number of hydrogen-bond donors (Lipinski definition) is 3. The predicted molar refractivity (Wildman–Crippen MR) is 111 cm³/mol. The van der Waals surface area contributed by atoms with Crippen molar-refractivity contribution in [2.75, 3.05) is 13.2 Å². The summed E-state index contributed by atoms with van der Waals surface area (Å²) in [6.45, 7) is 4.23. The minimum Gasteiger partial charge on any atom is -0.490 e. The van der Waals surface area contributed by atoms with Crippen molar-refractivity contribution in [2.45, 2.75) is 38.8 Å². The number of carbonyl (C=O) groups is 2. The summed E-state index contributed by atoms with van der Waals surface area (Å²) in [5.41, 5.74) is 2.85. The van der Waals surface area contributed by atoms with E-state index in [9.17, 15) is 14.9 Å². The molecule has 0 saturated heterocycles. The van der Waals surface area contributed by atoms with Gasteiger partial charge >= 0.3 is 0 Å². The number of hydrogen-bond acceptors (Lipinski definition) is 6. The van der Waals surface area contributed by atoms with Gasteiger partial charge in [0.25, 0.3) is 11.8 Å². The number of amides is 2. The molecule has 0 fully saturated rings. The Kier molecular flexibility index (Phi) is 6.83. The maximum atomic E-state index is 12.8. The van der Waals surface area contributed by atoms with Gasteiger partial charge in [0.2, 0.25) is 0 Å². The maximum Gasteiger partial charge on any atom is 0.258 e. The normalized spacial score (nSPS) is 14.8. The molecule has 2 aromatic carbocycles. The van der Waals surface area contributed by atoms with Crippen molar-refractivity contribution in [1.82, 2.24) is 10.6 Å². The van der Waals surface area contributed by atoms with E-state index in [1.54, 1.807) is 18.2 Å². The van der Waals surface area contributed by atoms with Crippen LogP contribution >= 0.6 is 0 Å². The molecule has 7 nitrogen and oxygen atoms in total. The molecule has 3 rings (SSSR count). The van der Waals surface area contributed by atoms with Crippen molar-refractivity contribution < 1.29 is 19.4 Å². The van der Waals surface area contributed by atoms with Crippen LogP contribution in [0.25, 0.3) is 0 Å². The van der Waals surface area contributed by atoms with Crippen LogP contribution in [0.3, 0.4) is 0 Å². The monoisotopic (exact) mass is 407 g/mol. The molecule has 0 aliphatic heterocycles. The average Bonchev–Trinajstić information content (AvgIpc) is 3.15. The highest BCUT2D eigenvalue weighted by atomic mass is 16.5. The summed E-state index contributed by atoms with van der Waals surface area (Å²) in [6.07, 6.45) is 1.45. The van der Waals surface area contributed by atoms with Gasteiger partial charge in [0.05, 0.1) is 18.3 Å². The molecule has 1 aliphatic carbocycles. The number of nitriles is 1. The van der Waals surface area contributed by atoms with E-state index in [2.05, 4.69) is 10.6 Å². The minimum absolute atomic E-state index is 0.0478. The van der Waals surface area contributed by atoms with Gasteiger partial charge < -0.3 is 15.2 Å². The van der Waals surface area contributed by atoms with Crippen LogP contribution in [0.5, 0.6) is 5.75 Å². The lowest BCUT2D eigenvalue weighted by Gasteiger charge is -2.14. The Labute approximate surface area is 175 Å². The van der Waals surface area contributed by atoms with Gasteiger partial charge in [0.1, 0.15) is 11.8 Å². The van der Waals surface area contributed by atoms with Crippen LogP contribution in [0.4, 0.5) is 0 Å². The van der Waals surface area contributed by atoms with Crippen molar-refractivity contribution in [1.29, 1.82) is 5.26 Å². The fraction of sp³-hybridized carbons (Fsp3) is 0.348.